The molecule has 1 heterocycles. The molecule has 4 nitrogen and oxygen atoms in total. The summed E-state index contributed by atoms with van der Waals surface area (Å²) >= 11 is 0. The lowest BCUT2D eigenvalue weighted by Crippen LogP contribution is -2.52. The summed E-state index contributed by atoms with van der Waals surface area (Å²) in [7, 11) is 0. The number of piperazine rings is 1. The third kappa shape index (κ3) is 5.15. The van der Waals surface area contributed by atoms with Gasteiger partial charge in [-0.1, -0.05) is 72.8 Å². The van der Waals surface area contributed by atoms with Gasteiger partial charge in [0, 0.05) is 26.2 Å². The highest BCUT2D eigenvalue weighted by atomic mass is 16.5. The van der Waals surface area contributed by atoms with Crippen molar-refractivity contribution in [3.8, 4) is 5.75 Å². The first-order chi connectivity index (χ1) is 15.1. The molecule has 1 atom stereocenters. The molecule has 4 rings (SSSR count). The van der Waals surface area contributed by atoms with Crippen LogP contribution in [0.1, 0.15) is 29.7 Å². The lowest BCUT2D eigenvalue weighted by molar-refractivity contribution is -0.140. The van der Waals surface area contributed by atoms with Crippen molar-refractivity contribution in [1.82, 2.24) is 9.80 Å². The summed E-state index contributed by atoms with van der Waals surface area (Å²) in [6.07, 6.45) is -0.493. The fraction of sp³-hybridized carbons (Fsp3) is 0.296. The molecule has 1 fully saturated rings. The van der Waals surface area contributed by atoms with Crippen LogP contribution in [0.4, 0.5) is 0 Å². The van der Waals surface area contributed by atoms with Gasteiger partial charge in [-0.15, -0.1) is 0 Å². The van der Waals surface area contributed by atoms with E-state index >= 15 is 0 Å². The minimum absolute atomic E-state index is 0.0529. The van der Waals surface area contributed by atoms with Crippen molar-refractivity contribution >= 4 is 5.91 Å². The van der Waals surface area contributed by atoms with Gasteiger partial charge in [-0.2, -0.15) is 0 Å². The Kier molecular flexibility index (Phi) is 6.68. The standard InChI is InChI=1S/C27H30N2O2/c1-21-10-9-15-25(20-21)31-22(2)27(30)29-18-16-28(17-19-29)26(23-11-5-3-6-12-23)24-13-7-4-8-14-24/h3-15,20,22,26H,16-19H2,1-2H3/t22-/m0/s1. The molecule has 1 aliphatic rings. The van der Waals surface area contributed by atoms with E-state index in [1.165, 1.54) is 11.1 Å². The van der Waals surface area contributed by atoms with Gasteiger partial charge >= 0.3 is 0 Å². The minimum Gasteiger partial charge on any atom is -0.481 e. The predicted molar refractivity (Wildman–Crippen MR) is 124 cm³/mol. The van der Waals surface area contributed by atoms with Gasteiger partial charge < -0.3 is 9.64 Å². The summed E-state index contributed by atoms with van der Waals surface area (Å²) in [5.74, 6) is 0.796. The van der Waals surface area contributed by atoms with Gasteiger partial charge in [0.2, 0.25) is 0 Å². The number of nitrogens with zero attached hydrogens (tertiary/aromatic N) is 2. The number of carbonyl (C=O) groups excluding carboxylic acids is 1. The molecule has 0 aromatic heterocycles. The molecule has 31 heavy (non-hydrogen) atoms. The average molecular weight is 415 g/mol. The fourth-order valence-electron chi connectivity index (χ4n) is 4.29. The quantitative estimate of drug-likeness (QED) is 0.586. The number of hydrogen-bond acceptors (Lipinski definition) is 3. The van der Waals surface area contributed by atoms with Crippen LogP contribution in [0.15, 0.2) is 84.9 Å². The smallest absolute Gasteiger partial charge is 0.263 e. The van der Waals surface area contributed by atoms with E-state index in [4.69, 9.17) is 4.74 Å². The van der Waals surface area contributed by atoms with Crippen LogP contribution in [0.3, 0.4) is 0 Å². The van der Waals surface area contributed by atoms with Crippen LogP contribution >= 0.6 is 0 Å². The fourth-order valence-corrected chi connectivity index (χ4v) is 4.29. The molecular weight excluding hydrogens is 384 g/mol. The van der Waals surface area contributed by atoms with Crippen molar-refractivity contribution in [2.75, 3.05) is 26.2 Å². The Hall–Kier alpha value is -3.11. The third-order valence-electron chi connectivity index (χ3n) is 5.87. The Labute approximate surface area is 185 Å². The molecule has 1 saturated heterocycles. The van der Waals surface area contributed by atoms with E-state index < -0.39 is 6.10 Å². The van der Waals surface area contributed by atoms with Gasteiger partial charge in [-0.25, -0.2) is 0 Å². The Morgan fingerprint density at radius 3 is 1.94 bits per heavy atom. The molecular formula is C27H30N2O2. The molecule has 4 heteroatoms. The number of carbonyl (C=O) groups is 1. The number of rotatable bonds is 6. The number of ether oxygens (including phenoxy) is 1. The Balaban J connectivity index is 1.42. The maximum absolute atomic E-state index is 13.0. The van der Waals surface area contributed by atoms with Crippen molar-refractivity contribution in [1.29, 1.82) is 0 Å². The maximum Gasteiger partial charge on any atom is 0.263 e. The second-order valence-corrected chi connectivity index (χ2v) is 8.16. The van der Waals surface area contributed by atoms with Gasteiger partial charge in [-0.05, 0) is 42.7 Å². The van der Waals surface area contributed by atoms with Crippen LogP contribution < -0.4 is 4.74 Å². The monoisotopic (exact) mass is 414 g/mol. The molecule has 1 amide bonds. The zero-order chi connectivity index (χ0) is 21.6. The first-order valence-electron chi connectivity index (χ1n) is 11.0. The zero-order valence-corrected chi connectivity index (χ0v) is 18.3. The second kappa shape index (κ2) is 9.80. The molecule has 0 radical (unpaired) electrons. The normalized spacial score (nSPS) is 15.6. The van der Waals surface area contributed by atoms with Crippen LogP contribution in [0.2, 0.25) is 0 Å². The first-order valence-corrected chi connectivity index (χ1v) is 11.0. The number of aryl methyl sites for hydroxylation is 1. The largest absolute Gasteiger partial charge is 0.481 e. The molecule has 3 aromatic rings. The number of benzene rings is 3. The van der Waals surface area contributed by atoms with Gasteiger partial charge in [0.1, 0.15) is 5.75 Å². The zero-order valence-electron chi connectivity index (χ0n) is 18.3. The van der Waals surface area contributed by atoms with E-state index in [1.807, 2.05) is 43.0 Å². The van der Waals surface area contributed by atoms with E-state index in [1.54, 1.807) is 0 Å². The summed E-state index contributed by atoms with van der Waals surface area (Å²) in [5, 5.41) is 0. The van der Waals surface area contributed by atoms with E-state index in [2.05, 4.69) is 65.6 Å². The third-order valence-corrected chi connectivity index (χ3v) is 5.87. The van der Waals surface area contributed by atoms with Gasteiger partial charge in [-0.3, -0.25) is 9.69 Å². The highest BCUT2D eigenvalue weighted by Crippen LogP contribution is 2.29. The Bertz CT molecular complexity index is 943. The Morgan fingerprint density at radius 2 is 1.39 bits per heavy atom. The van der Waals surface area contributed by atoms with E-state index in [0.717, 1.165) is 24.4 Å². The van der Waals surface area contributed by atoms with Crippen molar-refractivity contribution in [2.24, 2.45) is 0 Å². The van der Waals surface area contributed by atoms with E-state index in [0.29, 0.717) is 13.1 Å². The summed E-state index contributed by atoms with van der Waals surface area (Å²) in [4.78, 5) is 17.4. The minimum atomic E-state index is -0.493. The van der Waals surface area contributed by atoms with Gasteiger partial charge in [0.15, 0.2) is 6.10 Å². The lowest BCUT2D eigenvalue weighted by atomic mass is 9.96. The van der Waals surface area contributed by atoms with Crippen molar-refractivity contribution < 1.29 is 9.53 Å². The molecule has 0 unspecified atom stereocenters. The predicted octanol–water partition coefficient (Wildman–Crippen LogP) is 4.70. The van der Waals surface area contributed by atoms with Crippen molar-refractivity contribution in [3.63, 3.8) is 0 Å². The molecule has 3 aromatic carbocycles. The highest BCUT2D eigenvalue weighted by Gasteiger charge is 2.30. The van der Waals surface area contributed by atoms with Gasteiger partial charge in [0.05, 0.1) is 6.04 Å². The summed E-state index contributed by atoms with van der Waals surface area (Å²) < 4.78 is 5.92. The number of hydrogen-bond donors (Lipinski definition) is 0. The van der Waals surface area contributed by atoms with E-state index in [-0.39, 0.29) is 11.9 Å². The summed E-state index contributed by atoms with van der Waals surface area (Å²) in [6.45, 7) is 6.93. The van der Waals surface area contributed by atoms with Crippen LogP contribution in [0.5, 0.6) is 5.75 Å². The molecule has 0 aliphatic carbocycles. The molecule has 0 bridgehead atoms. The Morgan fingerprint density at radius 1 is 0.806 bits per heavy atom. The van der Waals surface area contributed by atoms with E-state index in [9.17, 15) is 4.79 Å². The molecule has 160 valence electrons. The molecule has 0 spiro atoms. The highest BCUT2D eigenvalue weighted by molar-refractivity contribution is 5.81. The lowest BCUT2D eigenvalue weighted by Gasteiger charge is -2.40. The van der Waals surface area contributed by atoms with Crippen LogP contribution in [-0.4, -0.2) is 48.0 Å². The second-order valence-electron chi connectivity index (χ2n) is 8.16. The van der Waals surface area contributed by atoms with Crippen LogP contribution in [-0.2, 0) is 4.79 Å². The summed E-state index contributed by atoms with van der Waals surface area (Å²) in [6, 6.07) is 29.3. The van der Waals surface area contributed by atoms with Crippen LogP contribution in [0.25, 0.3) is 0 Å². The molecule has 0 saturated carbocycles. The first kappa shape index (κ1) is 21.1. The molecule has 1 aliphatic heterocycles. The average Bonchev–Trinajstić information content (AvgIpc) is 2.81. The summed E-state index contributed by atoms with van der Waals surface area (Å²) in [5.41, 5.74) is 3.69. The topological polar surface area (TPSA) is 32.8 Å². The maximum atomic E-state index is 13.0. The number of amides is 1. The van der Waals surface area contributed by atoms with Crippen LogP contribution in [0, 0.1) is 6.92 Å². The van der Waals surface area contributed by atoms with Gasteiger partial charge in [0.25, 0.3) is 5.91 Å². The van der Waals surface area contributed by atoms with Crippen molar-refractivity contribution in [3.05, 3.63) is 102 Å². The molecule has 0 N–H and O–H groups in total. The SMILES string of the molecule is Cc1cccc(O[C@@H](C)C(=O)N2CCN(C(c3ccccc3)c3ccccc3)CC2)c1. The van der Waals surface area contributed by atoms with Crippen molar-refractivity contribution in [2.45, 2.75) is 26.0 Å².